The molecule has 1 saturated heterocycles. The number of hydrogen-bond acceptors (Lipinski definition) is 4. The van der Waals surface area contributed by atoms with Crippen molar-refractivity contribution in [1.29, 1.82) is 5.26 Å². The smallest absolute Gasteiger partial charge is 0.142 e. The molecular formula is C12H15N3O. The number of nitriles is 1. The Kier molecular flexibility index (Phi) is 2.97. The lowest BCUT2D eigenvalue weighted by Crippen LogP contribution is -2.26. The first-order valence-corrected chi connectivity index (χ1v) is 5.33. The van der Waals surface area contributed by atoms with Gasteiger partial charge in [-0.15, -0.1) is 0 Å². The van der Waals surface area contributed by atoms with E-state index in [1.165, 1.54) is 0 Å². The molecule has 2 rings (SSSR count). The summed E-state index contributed by atoms with van der Waals surface area (Å²) in [5, 5.41) is 8.89. The van der Waals surface area contributed by atoms with Gasteiger partial charge in [0.2, 0.25) is 0 Å². The van der Waals surface area contributed by atoms with E-state index in [0.717, 1.165) is 30.9 Å². The van der Waals surface area contributed by atoms with Gasteiger partial charge in [-0.25, -0.2) is 0 Å². The number of methoxy groups -OCH3 is 1. The topological polar surface area (TPSA) is 62.3 Å². The van der Waals surface area contributed by atoms with Crippen LogP contribution in [0.1, 0.15) is 12.0 Å². The van der Waals surface area contributed by atoms with Gasteiger partial charge in [-0.3, -0.25) is 0 Å². The molecule has 1 aromatic carbocycles. The minimum Gasteiger partial charge on any atom is -0.495 e. The molecule has 1 fully saturated rings. The number of nitrogens with two attached hydrogens (primary N) is 1. The Bertz CT molecular complexity index is 425. The highest BCUT2D eigenvalue weighted by Gasteiger charge is 2.22. The summed E-state index contributed by atoms with van der Waals surface area (Å²) in [6.07, 6.45) is 0.986. The van der Waals surface area contributed by atoms with Gasteiger partial charge in [0.25, 0.3) is 0 Å². The fourth-order valence-electron chi connectivity index (χ4n) is 2.01. The predicted molar refractivity (Wildman–Crippen MR) is 62.5 cm³/mol. The zero-order valence-corrected chi connectivity index (χ0v) is 9.31. The Hall–Kier alpha value is -1.73. The molecule has 1 unspecified atom stereocenters. The summed E-state index contributed by atoms with van der Waals surface area (Å²) in [6, 6.07) is 7.81. The number of nitrogens with zero attached hydrogens (tertiary/aromatic N) is 2. The molecule has 16 heavy (non-hydrogen) atoms. The van der Waals surface area contributed by atoms with Crippen molar-refractivity contribution in [3.63, 3.8) is 0 Å². The molecule has 0 aliphatic carbocycles. The van der Waals surface area contributed by atoms with Crippen LogP contribution in [0.2, 0.25) is 0 Å². The van der Waals surface area contributed by atoms with Gasteiger partial charge in [-0.1, -0.05) is 0 Å². The minimum absolute atomic E-state index is 0.218. The summed E-state index contributed by atoms with van der Waals surface area (Å²) in [4.78, 5) is 2.17. The first-order chi connectivity index (χ1) is 7.74. The third-order valence-electron chi connectivity index (χ3n) is 2.87. The summed E-state index contributed by atoms with van der Waals surface area (Å²) in [6.45, 7) is 1.75. The fourth-order valence-corrected chi connectivity index (χ4v) is 2.01. The lowest BCUT2D eigenvalue weighted by Gasteiger charge is -2.20. The molecule has 4 nitrogen and oxygen atoms in total. The van der Waals surface area contributed by atoms with E-state index in [2.05, 4.69) is 11.0 Å². The van der Waals surface area contributed by atoms with Crippen molar-refractivity contribution in [2.45, 2.75) is 12.5 Å². The SMILES string of the molecule is COc1ccc(C#N)cc1N1CCC(N)C1. The number of benzene rings is 1. The van der Waals surface area contributed by atoms with Gasteiger partial charge in [-0.05, 0) is 24.6 Å². The highest BCUT2D eigenvalue weighted by atomic mass is 16.5. The fraction of sp³-hybridized carbons (Fsp3) is 0.417. The molecule has 1 aliphatic rings. The zero-order valence-electron chi connectivity index (χ0n) is 9.31. The van der Waals surface area contributed by atoms with E-state index in [4.69, 9.17) is 15.7 Å². The zero-order chi connectivity index (χ0) is 11.5. The van der Waals surface area contributed by atoms with E-state index in [1.807, 2.05) is 12.1 Å². The van der Waals surface area contributed by atoms with Crippen molar-refractivity contribution >= 4 is 5.69 Å². The van der Waals surface area contributed by atoms with Gasteiger partial charge in [-0.2, -0.15) is 5.26 Å². The summed E-state index contributed by atoms with van der Waals surface area (Å²) < 4.78 is 5.30. The molecule has 0 bridgehead atoms. The number of rotatable bonds is 2. The van der Waals surface area contributed by atoms with Crippen LogP contribution in [0.15, 0.2) is 18.2 Å². The average Bonchev–Trinajstić information content (AvgIpc) is 2.75. The molecule has 4 heteroatoms. The van der Waals surface area contributed by atoms with E-state index in [9.17, 15) is 0 Å². The summed E-state index contributed by atoms with van der Waals surface area (Å²) >= 11 is 0. The third-order valence-corrected chi connectivity index (χ3v) is 2.87. The van der Waals surface area contributed by atoms with Crippen molar-refractivity contribution in [3.05, 3.63) is 23.8 Å². The Labute approximate surface area is 95.2 Å². The van der Waals surface area contributed by atoms with Crippen molar-refractivity contribution in [3.8, 4) is 11.8 Å². The van der Waals surface area contributed by atoms with E-state index in [1.54, 1.807) is 13.2 Å². The van der Waals surface area contributed by atoms with E-state index in [-0.39, 0.29) is 6.04 Å². The molecule has 0 amide bonds. The maximum Gasteiger partial charge on any atom is 0.142 e. The normalized spacial score (nSPS) is 19.6. The molecule has 1 aliphatic heterocycles. The van der Waals surface area contributed by atoms with Crippen molar-refractivity contribution in [2.24, 2.45) is 5.73 Å². The van der Waals surface area contributed by atoms with Crippen molar-refractivity contribution < 1.29 is 4.74 Å². The predicted octanol–water partition coefficient (Wildman–Crippen LogP) is 1.10. The second kappa shape index (κ2) is 4.42. The Morgan fingerprint density at radius 2 is 2.38 bits per heavy atom. The average molecular weight is 217 g/mol. The van der Waals surface area contributed by atoms with Crippen LogP contribution >= 0.6 is 0 Å². The monoisotopic (exact) mass is 217 g/mol. The van der Waals surface area contributed by atoms with Crippen LogP contribution in [-0.4, -0.2) is 26.2 Å². The maximum atomic E-state index is 8.89. The molecular weight excluding hydrogens is 202 g/mol. The highest BCUT2D eigenvalue weighted by Crippen LogP contribution is 2.31. The van der Waals surface area contributed by atoms with Gasteiger partial charge in [0.1, 0.15) is 5.75 Å². The largest absolute Gasteiger partial charge is 0.495 e. The lowest BCUT2D eigenvalue weighted by molar-refractivity contribution is 0.415. The second-order valence-corrected chi connectivity index (χ2v) is 3.99. The van der Waals surface area contributed by atoms with E-state index in [0.29, 0.717) is 5.56 Å². The van der Waals surface area contributed by atoms with Crippen molar-refractivity contribution in [2.75, 3.05) is 25.1 Å². The summed E-state index contributed by atoms with van der Waals surface area (Å²) in [5.41, 5.74) is 7.49. The van der Waals surface area contributed by atoms with Gasteiger partial charge in [0.15, 0.2) is 0 Å². The van der Waals surface area contributed by atoms with E-state index < -0.39 is 0 Å². The van der Waals surface area contributed by atoms with Gasteiger partial charge >= 0.3 is 0 Å². The second-order valence-electron chi connectivity index (χ2n) is 3.99. The Morgan fingerprint density at radius 1 is 1.56 bits per heavy atom. The molecule has 1 heterocycles. The molecule has 1 aromatic rings. The van der Waals surface area contributed by atoms with Crippen LogP contribution in [0, 0.1) is 11.3 Å². The van der Waals surface area contributed by atoms with Crippen LogP contribution in [0.3, 0.4) is 0 Å². The quantitative estimate of drug-likeness (QED) is 0.806. The molecule has 0 spiro atoms. The maximum absolute atomic E-state index is 8.89. The van der Waals surface area contributed by atoms with E-state index >= 15 is 0 Å². The van der Waals surface area contributed by atoms with Crippen LogP contribution in [0.4, 0.5) is 5.69 Å². The first-order valence-electron chi connectivity index (χ1n) is 5.33. The van der Waals surface area contributed by atoms with Crippen LogP contribution in [0.25, 0.3) is 0 Å². The van der Waals surface area contributed by atoms with Gasteiger partial charge < -0.3 is 15.4 Å². The van der Waals surface area contributed by atoms with Crippen LogP contribution in [0.5, 0.6) is 5.75 Å². The van der Waals surface area contributed by atoms with Gasteiger partial charge in [0, 0.05) is 19.1 Å². The Balaban J connectivity index is 2.34. The lowest BCUT2D eigenvalue weighted by atomic mass is 10.2. The number of ether oxygens (including phenoxy) is 1. The molecule has 0 aromatic heterocycles. The highest BCUT2D eigenvalue weighted by molar-refractivity contribution is 5.62. The molecule has 84 valence electrons. The molecule has 1 atom stereocenters. The van der Waals surface area contributed by atoms with Crippen LogP contribution in [-0.2, 0) is 0 Å². The molecule has 0 saturated carbocycles. The van der Waals surface area contributed by atoms with Crippen molar-refractivity contribution in [1.82, 2.24) is 0 Å². The third kappa shape index (κ3) is 1.95. The molecule has 0 radical (unpaired) electrons. The summed E-state index contributed by atoms with van der Waals surface area (Å²) in [5.74, 6) is 0.799. The van der Waals surface area contributed by atoms with Gasteiger partial charge in [0.05, 0.1) is 24.4 Å². The standard InChI is InChI=1S/C12H15N3O/c1-16-12-3-2-9(7-13)6-11(12)15-5-4-10(14)8-15/h2-3,6,10H,4-5,8,14H2,1H3. The Morgan fingerprint density at radius 3 is 2.94 bits per heavy atom. The number of hydrogen-bond donors (Lipinski definition) is 1. The number of anilines is 1. The first kappa shape index (κ1) is 10.8. The summed E-state index contributed by atoms with van der Waals surface area (Å²) in [7, 11) is 1.64. The minimum atomic E-state index is 0.218. The molecule has 2 N–H and O–H groups in total. The van der Waals surface area contributed by atoms with Crippen LogP contribution < -0.4 is 15.4 Å².